The third-order valence-electron chi connectivity index (χ3n) is 6.19. The molecular weight excluding hydrogens is 500 g/mol. The maximum Gasteiger partial charge on any atom is 0.327 e. The van der Waals surface area contributed by atoms with Crippen LogP contribution in [0.4, 0.5) is 10.5 Å². The van der Waals surface area contributed by atoms with Crippen LogP contribution in [0.15, 0.2) is 66.1 Å². The topological polar surface area (TPSA) is 90.0 Å². The third-order valence-corrected chi connectivity index (χ3v) is 7.53. The number of thioether (sulfide) groups is 1. The van der Waals surface area contributed by atoms with E-state index in [4.69, 9.17) is 11.6 Å². The fourth-order valence-corrected chi connectivity index (χ4v) is 5.31. The van der Waals surface area contributed by atoms with Gasteiger partial charge in [0, 0.05) is 37.3 Å². The number of urea groups is 1. The molecule has 2 aliphatic rings. The van der Waals surface area contributed by atoms with Crippen molar-refractivity contribution >= 4 is 52.8 Å². The summed E-state index contributed by atoms with van der Waals surface area (Å²) < 4.78 is 0. The summed E-state index contributed by atoms with van der Waals surface area (Å²) in [4.78, 5) is 55.7. The number of rotatable bonds is 9. The Bertz CT molecular complexity index is 1160. The van der Waals surface area contributed by atoms with Crippen LogP contribution in [0.5, 0.6) is 0 Å². The Morgan fingerprint density at radius 3 is 2.53 bits per heavy atom. The molecule has 2 heterocycles. The highest BCUT2D eigenvalue weighted by Gasteiger charge is 2.47. The fourth-order valence-electron chi connectivity index (χ4n) is 4.12. The minimum Gasteiger partial charge on any atom is -0.356 e. The number of para-hydroxylation sites is 1. The number of imide groups is 1. The van der Waals surface area contributed by atoms with Crippen molar-refractivity contribution in [3.05, 3.63) is 76.7 Å². The van der Waals surface area contributed by atoms with Crippen molar-refractivity contribution in [2.24, 2.45) is 0 Å². The van der Waals surface area contributed by atoms with Gasteiger partial charge >= 0.3 is 6.03 Å². The number of nitrogens with zero attached hydrogens (tertiary/aromatic N) is 3. The van der Waals surface area contributed by atoms with Crippen LogP contribution in [0.25, 0.3) is 0 Å². The Hall–Kier alpha value is -3.30. The second kappa shape index (κ2) is 11.6. The molecule has 1 saturated heterocycles. The standard InChI is InChI=1S/C26H27ClN4O4S/c1-29(20-5-3-2-4-6-20)23(33)17-31-21-13-16-36-24(21)25(34)30(26(31)35)15-12-22(32)28-14-11-18-7-9-19(27)10-8-18/h2-10,13,16,21,24H,11-12,14-15,17H2,1H3,(H,28,32). The van der Waals surface area contributed by atoms with E-state index in [0.29, 0.717) is 23.7 Å². The first-order valence-corrected chi connectivity index (χ1v) is 12.9. The number of amides is 5. The minimum atomic E-state index is -0.558. The number of likely N-dealkylation sites (N-methyl/N-ethyl adjacent to an activating group) is 1. The van der Waals surface area contributed by atoms with Gasteiger partial charge < -0.3 is 15.1 Å². The molecule has 188 valence electrons. The van der Waals surface area contributed by atoms with Gasteiger partial charge in [0.1, 0.15) is 11.8 Å². The summed E-state index contributed by atoms with van der Waals surface area (Å²) in [6.07, 6.45) is 2.41. The smallest absolute Gasteiger partial charge is 0.327 e. The van der Waals surface area contributed by atoms with Gasteiger partial charge in [-0.15, -0.1) is 11.8 Å². The lowest BCUT2D eigenvalue weighted by Gasteiger charge is -2.41. The summed E-state index contributed by atoms with van der Waals surface area (Å²) in [5, 5.41) is 4.74. The van der Waals surface area contributed by atoms with E-state index in [9.17, 15) is 19.2 Å². The number of carbonyl (C=O) groups is 4. The first-order valence-electron chi connectivity index (χ1n) is 11.6. The molecule has 10 heteroatoms. The lowest BCUT2D eigenvalue weighted by molar-refractivity contribution is -0.133. The second-order valence-electron chi connectivity index (χ2n) is 8.54. The molecule has 2 atom stereocenters. The zero-order valence-electron chi connectivity index (χ0n) is 19.8. The normalized spacial score (nSPS) is 18.8. The van der Waals surface area contributed by atoms with E-state index in [0.717, 1.165) is 10.5 Å². The Morgan fingerprint density at radius 2 is 1.81 bits per heavy atom. The van der Waals surface area contributed by atoms with Crippen LogP contribution in [-0.4, -0.2) is 71.5 Å². The number of hydrogen-bond donors (Lipinski definition) is 1. The first kappa shape index (κ1) is 25.8. The van der Waals surface area contributed by atoms with Crippen LogP contribution in [0.3, 0.4) is 0 Å². The summed E-state index contributed by atoms with van der Waals surface area (Å²) in [6, 6.07) is 15.5. The van der Waals surface area contributed by atoms with Crippen molar-refractivity contribution in [3.63, 3.8) is 0 Å². The Morgan fingerprint density at radius 1 is 1.08 bits per heavy atom. The van der Waals surface area contributed by atoms with Crippen molar-refractivity contribution in [1.82, 2.24) is 15.1 Å². The van der Waals surface area contributed by atoms with Crippen LogP contribution in [0.2, 0.25) is 5.02 Å². The van der Waals surface area contributed by atoms with Crippen LogP contribution in [0, 0.1) is 0 Å². The number of benzene rings is 2. The van der Waals surface area contributed by atoms with Crippen molar-refractivity contribution in [2.75, 3.05) is 31.6 Å². The predicted octanol–water partition coefficient (Wildman–Crippen LogP) is 3.31. The number of carbonyl (C=O) groups excluding carboxylic acids is 4. The van der Waals surface area contributed by atoms with E-state index in [1.165, 1.54) is 21.6 Å². The zero-order chi connectivity index (χ0) is 25.7. The molecule has 8 nitrogen and oxygen atoms in total. The van der Waals surface area contributed by atoms with E-state index in [1.54, 1.807) is 30.7 Å². The van der Waals surface area contributed by atoms with Crippen molar-refractivity contribution in [2.45, 2.75) is 24.1 Å². The van der Waals surface area contributed by atoms with Gasteiger partial charge in [0.15, 0.2) is 0 Å². The zero-order valence-corrected chi connectivity index (χ0v) is 21.4. The maximum atomic E-state index is 13.3. The third kappa shape index (κ3) is 5.91. The van der Waals surface area contributed by atoms with Crippen molar-refractivity contribution in [3.8, 4) is 0 Å². The monoisotopic (exact) mass is 526 g/mol. The highest BCUT2D eigenvalue weighted by molar-refractivity contribution is 8.03. The number of fused-ring (bicyclic) bond motifs is 1. The summed E-state index contributed by atoms with van der Waals surface area (Å²) in [5.74, 6) is -0.864. The van der Waals surface area contributed by atoms with Gasteiger partial charge in [-0.25, -0.2) is 4.79 Å². The SMILES string of the molecule is CN(C(=O)CN1C(=O)N(CCC(=O)NCCc2ccc(Cl)cc2)C(=O)C2SC=CC21)c1ccccc1. The second-order valence-corrected chi connectivity index (χ2v) is 10.0. The number of nitrogens with one attached hydrogen (secondary N) is 1. The van der Waals surface area contributed by atoms with Gasteiger partial charge in [0.25, 0.3) is 0 Å². The molecule has 0 spiro atoms. The van der Waals surface area contributed by atoms with E-state index < -0.39 is 17.3 Å². The molecule has 2 aromatic rings. The van der Waals surface area contributed by atoms with Crippen LogP contribution in [0.1, 0.15) is 12.0 Å². The molecule has 2 aromatic carbocycles. The Labute approximate surface area is 219 Å². The molecule has 1 N–H and O–H groups in total. The lowest BCUT2D eigenvalue weighted by Crippen LogP contribution is -2.63. The van der Waals surface area contributed by atoms with Crippen molar-refractivity contribution in [1.29, 1.82) is 0 Å². The largest absolute Gasteiger partial charge is 0.356 e. The van der Waals surface area contributed by atoms with Gasteiger partial charge in [0.2, 0.25) is 17.7 Å². The summed E-state index contributed by atoms with van der Waals surface area (Å²) in [5.41, 5.74) is 1.75. The number of halogens is 1. The Kier molecular flexibility index (Phi) is 8.32. The van der Waals surface area contributed by atoms with E-state index in [2.05, 4.69) is 5.32 Å². The van der Waals surface area contributed by atoms with Gasteiger partial charge in [-0.2, -0.15) is 0 Å². The van der Waals surface area contributed by atoms with E-state index in [-0.39, 0.29) is 37.2 Å². The number of anilines is 1. The van der Waals surface area contributed by atoms with Crippen molar-refractivity contribution < 1.29 is 19.2 Å². The average Bonchev–Trinajstić information content (AvgIpc) is 3.38. The highest BCUT2D eigenvalue weighted by Crippen LogP contribution is 2.34. The first-order chi connectivity index (χ1) is 17.3. The van der Waals surface area contributed by atoms with Gasteiger partial charge in [-0.05, 0) is 41.7 Å². The maximum absolute atomic E-state index is 13.3. The molecule has 36 heavy (non-hydrogen) atoms. The molecule has 0 radical (unpaired) electrons. The molecule has 0 aromatic heterocycles. The number of hydrogen-bond acceptors (Lipinski definition) is 5. The molecule has 2 unspecified atom stereocenters. The lowest BCUT2D eigenvalue weighted by atomic mass is 10.1. The van der Waals surface area contributed by atoms with Gasteiger partial charge in [-0.3, -0.25) is 19.3 Å². The van der Waals surface area contributed by atoms with Gasteiger partial charge in [-0.1, -0.05) is 48.0 Å². The molecule has 0 bridgehead atoms. The fraction of sp³-hybridized carbons (Fsp3) is 0.308. The molecule has 2 aliphatic heterocycles. The quantitative estimate of drug-likeness (QED) is 0.541. The average molecular weight is 527 g/mol. The molecule has 0 saturated carbocycles. The van der Waals surface area contributed by atoms with Crippen LogP contribution in [-0.2, 0) is 20.8 Å². The van der Waals surface area contributed by atoms with E-state index in [1.807, 2.05) is 42.5 Å². The highest BCUT2D eigenvalue weighted by atomic mass is 35.5. The Balaban J connectivity index is 1.35. The molecular formula is C26H27ClN4O4S. The summed E-state index contributed by atoms with van der Waals surface area (Å²) in [6.45, 7) is 0.208. The molecule has 1 fully saturated rings. The molecule has 5 amide bonds. The van der Waals surface area contributed by atoms with Crippen LogP contribution < -0.4 is 10.2 Å². The van der Waals surface area contributed by atoms with Crippen LogP contribution >= 0.6 is 23.4 Å². The van der Waals surface area contributed by atoms with E-state index >= 15 is 0 Å². The molecule has 0 aliphatic carbocycles. The predicted molar refractivity (Wildman–Crippen MR) is 141 cm³/mol. The summed E-state index contributed by atoms with van der Waals surface area (Å²) >= 11 is 7.21. The van der Waals surface area contributed by atoms with Gasteiger partial charge in [0.05, 0.1) is 6.04 Å². The summed E-state index contributed by atoms with van der Waals surface area (Å²) in [7, 11) is 1.65. The minimum absolute atomic E-state index is 0.0146. The molecule has 4 rings (SSSR count).